The molecule has 0 aromatic heterocycles. The quantitative estimate of drug-likeness (QED) is 0.830. The first-order valence-corrected chi connectivity index (χ1v) is 7.79. The summed E-state index contributed by atoms with van der Waals surface area (Å²) in [6.07, 6.45) is 4.07. The number of amides is 1. The fourth-order valence-electron chi connectivity index (χ4n) is 3.54. The van der Waals surface area contributed by atoms with Crippen molar-refractivity contribution < 1.29 is 4.79 Å². The maximum Gasteiger partial charge on any atom is 0.257 e. The van der Waals surface area contributed by atoms with Gasteiger partial charge in [0.15, 0.2) is 5.96 Å². The van der Waals surface area contributed by atoms with Crippen LogP contribution in [0, 0.1) is 0 Å². The molecule has 110 valence electrons. The minimum Gasteiger partial charge on any atom is -0.338 e. The Kier molecular flexibility index (Phi) is 2.51. The van der Waals surface area contributed by atoms with Crippen LogP contribution in [0.15, 0.2) is 29.3 Å². The van der Waals surface area contributed by atoms with Gasteiger partial charge in [-0.1, -0.05) is 38.1 Å². The van der Waals surface area contributed by atoms with Crippen molar-refractivity contribution in [2.24, 2.45) is 4.99 Å². The van der Waals surface area contributed by atoms with E-state index in [0.717, 1.165) is 31.2 Å². The van der Waals surface area contributed by atoms with E-state index < -0.39 is 5.54 Å². The summed E-state index contributed by atoms with van der Waals surface area (Å²) in [6, 6.07) is 8.72. The molecule has 2 fully saturated rings. The first-order valence-electron chi connectivity index (χ1n) is 7.79. The fourth-order valence-corrected chi connectivity index (χ4v) is 3.54. The second kappa shape index (κ2) is 4.09. The second-order valence-corrected chi connectivity index (χ2v) is 7.12. The van der Waals surface area contributed by atoms with Crippen molar-refractivity contribution >= 4 is 11.9 Å². The summed E-state index contributed by atoms with van der Waals surface area (Å²) in [7, 11) is 0. The Hall–Kier alpha value is -1.84. The van der Waals surface area contributed by atoms with Crippen molar-refractivity contribution in [2.45, 2.75) is 56.5 Å². The Morgan fingerprint density at radius 1 is 1.14 bits per heavy atom. The van der Waals surface area contributed by atoms with Gasteiger partial charge in [0.05, 0.1) is 6.04 Å². The van der Waals surface area contributed by atoms with Crippen molar-refractivity contribution in [3.05, 3.63) is 35.4 Å². The van der Waals surface area contributed by atoms with Crippen molar-refractivity contribution in [2.75, 3.05) is 0 Å². The molecule has 1 spiro atoms. The van der Waals surface area contributed by atoms with Crippen LogP contribution in [0.4, 0.5) is 0 Å². The van der Waals surface area contributed by atoms with Crippen molar-refractivity contribution in [3.63, 3.8) is 0 Å². The van der Waals surface area contributed by atoms with Crippen molar-refractivity contribution in [3.8, 4) is 0 Å². The van der Waals surface area contributed by atoms with Crippen LogP contribution in [0.25, 0.3) is 0 Å². The third-order valence-corrected chi connectivity index (χ3v) is 5.05. The van der Waals surface area contributed by atoms with E-state index in [1.54, 1.807) is 0 Å². The van der Waals surface area contributed by atoms with E-state index in [1.165, 1.54) is 5.56 Å². The SMILES string of the molecule is CC1(C)CCC2(NC(=NC3CC3)NC2=O)c2ccccc21. The Bertz CT molecular complexity index is 645. The van der Waals surface area contributed by atoms with Gasteiger partial charge in [-0.3, -0.25) is 10.1 Å². The molecule has 4 rings (SSSR count). The minimum atomic E-state index is -0.625. The molecule has 0 radical (unpaired) electrons. The number of nitrogens with one attached hydrogen (secondary N) is 2. The van der Waals surface area contributed by atoms with Gasteiger partial charge in [0, 0.05) is 0 Å². The molecule has 2 N–H and O–H groups in total. The molecule has 1 aromatic carbocycles. The number of aliphatic imine (C=N–C) groups is 1. The van der Waals surface area contributed by atoms with E-state index in [2.05, 4.69) is 47.7 Å². The molecule has 1 unspecified atom stereocenters. The first-order chi connectivity index (χ1) is 10.0. The summed E-state index contributed by atoms with van der Waals surface area (Å²) in [5, 5.41) is 6.36. The monoisotopic (exact) mass is 283 g/mol. The Labute approximate surface area is 125 Å². The van der Waals surface area contributed by atoms with E-state index >= 15 is 0 Å². The number of fused-ring (bicyclic) bond motifs is 2. The van der Waals surface area contributed by atoms with E-state index in [-0.39, 0.29) is 11.3 Å². The van der Waals surface area contributed by atoms with Gasteiger partial charge in [0.25, 0.3) is 5.91 Å². The lowest BCUT2D eigenvalue weighted by Crippen LogP contribution is -2.49. The summed E-state index contributed by atoms with van der Waals surface area (Å²) in [5.41, 5.74) is 1.87. The molecule has 3 aliphatic rings. The average molecular weight is 283 g/mol. The lowest BCUT2D eigenvalue weighted by atomic mass is 9.65. The van der Waals surface area contributed by atoms with Gasteiger partial charge in [-0.15, -0.1) is 0 Å². The maximum absolute atomic E-state index is 12.7. The number of hydrogen-bond acceptors (Lipinski definition) is 2. The van der Waals surface area contributed by atoms with Gasteiger partial charge in [0.2, 0.25) is 0 Å². The van der Waals surface area contributed by atoms with Crippen LogP contribution in [0.2, 0.25) is 0 Å². The summed E-state index contributed by atoms with van der Waals surface area (Å²) < 4.78 is 0. The molecule has 1 heterocycles. The predicted octanol–water partition coefficient (Wildman–Crippen LogP) is 2.19. The largest absolute Gasteiger partial charge is 0.338 e. The Balaban J connectivity index is 1.80. The predicted molar refractivity (Wildman–Crippen MR) is 82.1 cm³/mol. The van der Waals surface area contributed by atoms with Crippen LogP contribution < -0.4 is 10.6 Å². The molecule has 2 aliphatic carbocycles. The zero-order chi connectivity index (χ0) is 14.7. The third kappa shape index (κ3) is 1.88. The number of carbonyl (C=O) groups excluding carboxylic acids is 1. The lowest BCUT2D eigenvalue weighted by molar-refractivity contribution is -0.125. The summed E-state index contributed by atoms with van der Waals surface area (Å²) in [4.78, 5) is 17.3. The number of nitrogens with zero attached hydrogens (tertiary/aromatic N) is 1. The highest BCUT2D eigenvalue weighted by atomic mass is 16.2. The summed E-state index contributed by atoms with van der Waals surface area (Å²) in [5.74, 6) is 0.710. The highest BCUT2D eigenvalue weighted by Crippen LogP contribution is 2.45. The molecule has 1 saturated carbocycles. The lowest BCUT2D eigenvalue weighted by Gasteiger charge is -2.41. The number of rotatable bonds is 1. The Morgan fingerprint density at radius 2 is 1.86 bits per heavy atom. The third-order valence-electron chi connectivity index (χ3n) is 5.05. The smallest absolute Gasteiger partial charge is 0.257 e. The van der Waals surface area contributed by atoms with Gasteiger partial charge >= 0.3 is 0 Å². The molecular weight excluding hydrogens is 262 g/mol. The normalized spacial score (nSPS) is 31.9. The van der Waals surface area contributed by atoms with Gasteiger partial charge in [0.1, 0.15) is 5.54 Å². The minimum absolute atomic E-state index is 0.0462. The van der Waals surface area contributed by atoms with E-state index in [0.29, 0.717) is 12.0 Å². The van der Waals surface area contributed by atoms with Gasteiger partial charge < -0.3 is 5.32 Å². The van der Waals surface area contributed by atoms with Crippen LogP contribution in [0.1, 0.15) is 50.7 Å². The Morgan fingerprint density at radius 3 is 2.57 bits per heavy atom. The molecule has 1 amide bonds. The molecule has 1 aliphatic heterocycles. The summed E-state index contributed by atoms with van der Waals surface area (Å²) in [6.45, 7) is 4.51. The topological polar surface area (TPSA) is 53.5 Å². The molecule has 4 heteroatoms. The number of benzene rings is 1. The van der Waals surface area contributed by atoms with E-state index in [1.807, 2.05) is 6.07 Å². The molecule has 1 aromatic rings. The molecule has 0 bridgehead atoms. The molecule has 21 heavy (non-hydrogen) atoms. The van der Waals surface area contributed by atoms with Crippen molar-refractivity contribution in [1.29, 1.82) is 0 Å². The molecular formula is C17H21N3O. The zero-order valence-electron chi connectivity index (χ0n) is 12.6. The molecule has 1 saturated heterocycles. The first kappa shape index (κ1) is 12.9. The van der Waals surface area contributed by atoms with Crippen LogP contribution in [0.3, 0.4) is 0 Å². The van der Waals surface area contributed by atoms with Gasteiger partial charge in [-0.05, 0) is 42.2 Å². The highest BCUT2D eigenvalue weighted by Gasteiger charge is 2.52. The zero-order valence-corrected chi connectivity index (χ0v) is 12.6. The highest BCUT2D eigenvalue weighted by molar-refractivity contribution is 6.09. The van der Waals surface area contributed by atoms with Gasteiger partial charge in [-0.25, -0.2) is 4.99 Å². The second-order valence-electron chi connectivity index (χ2n) is 7.12. The number of guanidine groups is 1. The molecule has 4 nitrogen and oxygen atoms in total. The maximum atomic E-state index is 12.7. The van der Waals surface area contributed by atoms with Crippen LogP contribution >= 0.6 is 0 Å². The standard InChI is InChI=1S/C17H21N3O/c1-16(2)9-10-17(13-6-4-3-5-12(13)16)14(21)19-15(20-17)18-11-7-8-11/h3-6,11H,7-10H2,1-2H3,(H2,18,19,20,21). The van der Waals surface area contributed by atoms with E-state index in [9.17, 15) is 4.79 Å². The molecule has 1 atom stereocenters. The van der Waals surface area contributed by atoms with Crippen LogP contribution in [0.5, 0.6) is 0 Å². The number of hydrogen-bond donors (Lipinski definition) is 2. The van der Waals surface area contributed by atoms with Gasteiger partial charge in [-0.2, -0.15) is 0 Å². The van der Waals surface area contributed by atoms with Crippen molar-refractivity contribution in [1.82, 2.24) is 10.6 Å². The van der Waals surface area contributed by atoms with Crippen LogP contribution in [-0.4, -0.2) is 17.9 Å². The fraction of sp³-hybridized carbons (Fsp3) is 0.529. The van der Waals surface area contributed by atoms with Crippen LogP contribution in [-0.2, 0) is 15.7 Å². The van der Waals surface area contributed by atoms with E-state index in [4.69, 9.17) is 0 Å². The average Bonchev–Trinajstić information content (AvgIpc) is 3.20. The number of carbonyl (C=O) groups is 1. The summed E-state index contributed by atoms with van der Waals surface area (Å²) >= 11 is 0.